The van der Waals surface area contributed by atoms with E-state index in [4.69, 9.17) is 0 Å². The lowest BCUT2D eigenvalue weighted by Gasteiger charge is -2.00. The smallest absolute Gasteiger partial charge is 0.205 e. The summed E-state index contributed by atoms with van der Waals surface area (Å²) in [5.74, 6) is 0. The number of halogens is 4. The van der Waals surface area contributed by atoms with Gasteiger partial charge in [-0.05, 0) is 34.7 Å². The molecule has 0 fully saturated rings. The van der Waals surface area contributed by atoms with E-state index in [-0.39, 0.29) is 5.56 Å². The van der Waals surface area contributed by atoms with Gasteiger partial charge in [0.15, 0.2) is 0 Å². The van der Waals surface area contributed by atoms with Crippen LogP contribution in [0.1, 0.15) is 12.0 Å². The van der Waals surface area contributed by atoms with E-state index in [2.05, 4.69) is 38.5 Å². The Hall–Kier alpha value is 0.250. The third-order valence-electron chi connectivity index (χ3n) is 1.86. The van der Waals surface area contributed by atoms with E-state index in [0.29, 0.717) is 5.39 Å². The minimum absolute atomic E-state index is 0.141. The summed E-state index contributed by atoms with van der Waals surface area (Å²) in [5.41, 5.74) is 0.141. The normalized spacial score (nSPS) is 11.5. The molecule has 2 rings (SSSR count). The minimum atomic E-state index is -2.39. The molecule has 1 heterocycles. The molecule has 0 bridgehead atoms. The van der Waals surface area contributed by atoms with Gasteiger partial charge in [0.2, 0.25) is 0 Å². The molecule has 14 heavy (non-hydrogen) atoms. The fourth-order valence-electron chi connectivity index (χ4n) is 1.27. The maximum Gasteiger partial charge on any atom is 0.265 e. The van der Waals surface area contributed by atoms with Crippen LogP contribution in [0.4, 0.5) is 8.78 Å². The molecular formula is C9H4BrF2IS. The van der Waals surface area contributed by atoms with Gasteiger partial charge in [-0.15, -0.1) is 11.3 Å². The monoisotopic (exact) mass is 388 g/mol. The fraction of sp³-hybridized carbons (Fsp3) is 0.111. The van der Waals surface area contributed by atoms with Gasteiger partial charge in [0.25, 0.3) is 6.43 Å². The second kappa shape index (κ2) is 4.02. The van der Waals surface area contributed by atoms with Crippen molar-refractivity contribution in [1.29, 1.82) is 0 Å². The van der Waals surface area contributed by atoms with Crippen LogP contribution in [0, 0.1) is 3.57 Å². The van der Waals surface area contributed by atoms with Crippen LogP contribution in [0.25, 0.3) is 10.1 Å². The van der Waals surface area contributed by atoms with Crippen molar-refractivity contribution in [1.82, 2.24) is 0 Å². The van der Waals surface area contributed by atoms with Gasteiger partial charge >= 0.3 is 0 Å². The number of benzene rings is 1. The summed E-state index contributed by atoms with van der Waals surface area (Å²) in [4.78, 5) is 0. The van der Waals surface area contributed by atoms with E-state index < -0.39 is 6.43 Å². The first-order chi connectivity index (χ1) is 6.59. The summed E-state index contributed by atoms with van der Waals surface area (Å²) in [6, 6.07) is 3.72. The van der Waals surface area contributed by atoms with E-state index >= 15 is 0 Å². The molecule has 1 aromatic heterocycles. The topological polar surface area (TPSA) is 0 Å². The number of thiophene rings is 1. The summed E-state index contributed by atoms with van der Waals surface area (Å²) in [6.45, 7) is 0. The second-order valence-corrected chi connectivity index (χ2v) is 5.74. The first-order valence-electron chi connectivity index (χ1n) is 3.74. The highest BCUT2D eigenvalue weighted by molar-refractivity contribution is 14.1. The summed E-state index contributed by atoms with van der Waals surface area (Å²) in [6.07, 6.45) is -2.39. The van der Waals surface area contributed by atoms with Crippen LogP contribution >= 0.6 is 49.9 Å². The third-order valence-corrected chi connectivity index (χ3v) is 4.11. The van der Waals surface area contributed by atoms with Gasteiger partial charge in [-0.25, -0.2) is 8.78 Å². The van der Waals surface area contributed by atoms with Gasteiger partial charge in [-0.3, -0.25) is 0 Å². The van der Waals surface area contributed by atoms with Gasteiger partial charge in [0.05, 0.1) is 0 Å². The Bertz CT molecular complexity index is 481. The van der Waals surface area contributed by atoms with E-state index in [1.54, 1.807) is 0 Å². The molecule has 5 heteroatoms. The molecule has 0 atom stereocenters. The fourth-order valence-corrected chi connectivity index (χ4v) is 4.44. The van der Waals surface area contributed by atoms with Crippen molar-refractivity contribution >= 4 is 59.9 Å². The number of alkyl halides is 2. The Morgan fingerprint density at radius 3 is 2.71 bits per heavy atom. The molecular weight excluding hydrogens is 385 g/mol. The van der Waals surface area contributed by atoms with Crippen molar-refractivity contribution in [2.24, 2.45) is 0 Å². The number of fused-ring (bicyclic) bond motifs is 1. The van der Waals surface area contributed by atoms with Crippen molar-refractivity contribution < 1.29 is 8.78 Å². The zero-order chi connectivity index (χ0) is 10.3. The standard InChI is InChI=1S/C9H4BrF2IS/c10-4-1-6(13)8-5(9(11)12)3-14-7(8)2-4/h1-3,9H. The lowest BCUT2D eigenvalue weighted by atomic mass is 10.2. The van der Waals surface area contributed by atoms with Crippen LogP contribution in [0.3, 0.4) is 0 Å². The Kier molecular flexibility index (Phi) is 3.09. The number of hydrogen-bond acceptors (Lipinski definition) is 1. The zero-order valence-corrected chi connectivity index (χ0v) is 11.3. The third kappa shape index (κ3) is 1.81. The molecule has 0 saturated heterocycles. The van der Waals surface area contributed by atoms with Crippen LogP contribution in [0.15, 0.2) is 22.0 Å². The lowest BCUT2D eigenvalue weighted by molar-refractivity contribution is 0.153. The molecule has 0 N–H and O–H groups in total. The van der Waals surface area contributed by atoms with Gasteiger partial charge < -0.3 is 0 Å². The molecule has 0 nitrogen and oxygen atoms in total. The maximum absolute atomic E-state index is 12.6. The van der Waals surface area contributed by atoms with E-state index in [0.717, 1.165) is 12.7 Å². The quantitative estimate of drug-likeness (QED) is 0.588. The Morgan fingerprint density at radius 1 is 1.36 bits per heavy atom. The van der Waals surface area contributed by atoms with Crippen LogP contribution in [0.5, 0.6) is 0 Å². The van der Waals surface area contributed by atoms with E-state index in [1.807, 2.05) is 12.1 Å². The van der Waals surface area contributed by atoms with Crippen LogP contribution in [-0.2, 0) is 0 Å². The van der Waals surface area contributed by atoms with Crippen LogP contribution < -0.4 is 0 Å². The molecule has 0 aliphatic heterocycles. The maximum atomic E-state index is 12.6. The van der Waals surface area contributed by atoms with Crippen molar-refractivity contribution in [3.8, 4) is 0 Å². The average molecular weight is 389 g/mol. The molecule has 2 aromatic rings. The Balaban J connectivity index is 2.79. The molecule has 1 aromatic carbocycles. The predicted octanol–water partition coefficient (Wildman–Crippen LogP) is 5.21. The Morgan fingerprint density at radius 2 is 2.07 bits per heavy atom. The molecule has 74 valence electrons. The van der Waals surface area contributed by atoms with Crippen LogP contribution in [0.2, 0.25) is 0 Å². The Labute approximate surface area is 106 Å². The molecule has 0 aliphatic carbocycles. The minimum Gasteiger partial charge on any atom is -0.205 e. The molecule has 0 aliphatic rings. The van der Waals surface area contributed by atoms with Crippen molar-refractivity contribution in [3.05, 3.63) is 31.1 Å². The van der Waals surface area contributed by atoms with Crippen molar-refractivity contribution in [2.45, 2.75) is 6.43 Å². The molecule has 0 amide bonds. The van der Waals surface area contributed by atoms with Gasteiger partial charge in [-0.2, -0.15) is 0 Å². The largest absolute Gasteiger partial charge is 0.265 e. The first kappa shape index (κ1) is 10.8. The molecule has 0 radical (unpaired) electrons. The summed E-state index contributed by atoms with van der Waals surface area (Å²) in [5, 5.41) is 2.22. The van der Waals surface area contributed by atoms with Gasteiger partial charge in [-0.1, -0.05) is 15.9 Å². The molecule has 0 unspecified atom stereocenters. The summed E-state index contributed by atoms with van der Waals surface area (Å²) < 4.78 is 27.9. The highest BCUT2D eigenvalue weighted by atomic mass is 127. The van der Waals surface area contributed by atoms with Crippen LogP contribution in [-0.4, -0.2) is 0 Å². The van der Waals surface area contributed by atoms with Gasteiger partial charge in [0.1, 0.15) is 0 Å². The van der Waals surface area contributed by atoms with E-state index in [1.165, 1.54) is 16.7 Å². The molecule has 0 saturated carbocycles. The highest BCUT2D eigenvalue weighted by Gasteiger charge is 2.15. The SMILES string of the molecule is FC(F)c1csc2cc(Br)cc(I)c12. The second-order valence-electron chi connectivity index (χ2n) is 2.75. The predicted molar refractivity (Wildman–Crippen MR) is 67.2 cm³/mol. The lowest BCUT2D eigenvalue weighted by Crippen LogP contribution is -1.83. The zero-order valence-electron chi connectivity index (χ0n) is 6.73. The highest BCUT2D eigenvalue weighted by Crippen LogP contribution is 2.37. The average Bonchev–Trinajstić information content (AvgIpc) is 2.47. The molecule has 0 spiro atoms. The summed E-state index contributed by atoms with van der Waals surface area (Å²) in [7, 11) is 0. The van der Waals surface area contributed by atoms with Crippen molar-refractivity contribution in [2.75, 3.05) is 0 Å². The van der Waals surface area contributed by atoms with Gasteiger partial charge in [0, 0.05) is 29.1 Å². The first-order valence-corrected chi connectivity index (χ1v) is 6.49. The number of hydrogen-bond donors (Lipinski definition) is 0. The number of rotatable bonds is 1. The summed E-state index contributed by atoms with van der Waals surface area (Å²) >= 11 is 6.78. The van der Waals surface area contributed by atoms with E-state index in [9.17, 15) is 8.78 Å². The van der Waals surface area contributed by atoms with Crippen molar-refractivity contribution in [3.63, 3.8) is 0 Å².